The number of hydrogen-bond acceptors (Lipinski definition) is 3. The molecule has 0 aliphatic rings. The summed E-state index contributed by atoms with van der Waals surface area (Å²) in [6, 6.07) is 4.79. The quantitative estimate of drug-likeness (QED) is 0.620. The molecule has 0 aliphatic carbocycles. The molecule has 1 rings (SSSR count). The van der Waals surface area contributed by atoms with Crippen LogP contribution in [0.2, 0.25) is 0 Å². The highest BCUT2D eigenvalue weighted by Gasteiger charge is 2.32. The molecule has 1 unspecified atom stereocenters. The van der Waals surface area contributed by atoms with Crippen molar-refractivity contribution in [2.75, 3.05) is 0 Å². The van der Waals surface area contributed by atoms with Crippen molar-refractivity contribution in [2.45, 2.75) is 18.9 Å². The molecule has 0 saturated heterocycles. The lowest BCUT2D eigenvalue weighted by Crippen LogP contribution is -2.40. The van der Waals surface area contributed by atoms with Gasteiger partial charge in [0.2, 0.25) is 0 Å². The third-order valence-corrected chi connectivity index (χ3v) is 2.15. The Morgan fingerprint density at radius 2 is 1.87 bits per heavy atom. The molecule has 82 valence electrons. The Labute approximate surface area is 84.9 Å². The Kier molecular flexibility index (Phi) is 2.99. The van der Waals surface area contributed by atoms with Crippen LogP contribution < -0.4 is 5.73 Å². The van der Waals surface area contributed by atoms with Gasteiger partial charge in [0.05, 0.1) is 10.5 Å². The van der Waals surface area contributed by atoms with Crippen LogP contribution in [-0.2, 0) is 5.54 Å². The standard InChI is InChI=1S/C9H10F2N2O2/c1-9(12,8(10)11)6-2-4-7(5-3-6)13(14)15/h2-5,8H,12H2,1H3. The molecule has 0 radical (unpaired) electrons. The van der Waals surface area contributed by atoms with E-state index < -0.39 is 16.9 Å². The van der Waals surface area contributed by atoms with Gasteiger partial charge in [0.1, 0.15) is 0 Å². The Balaban J connectivity index is 3.04. The summed E-state index contributed by atoms with van der Waals surface area (Å²) in [6.07, 6.45) is -2.72. The van der Waals surface area contributed by atoms with E-state index >= 15 is 0 Å². The monoisotopic (exact) mass is 216 g/mol. The first-order valence-corrected chi connectivity index (χ1v) is 4.17. The summed E-state index contributed by atoms with van der Waals surface area (Å²) >= 11 is 0. The normalized spacial score (nSPS) is 15.0. The summed E-state index contributed by atoms with van der Waals surface area (Å²) in [7, 11) is 0. The minimum atomic E-state index is -2.72. The van der Waals surface area contributed by atoms with E-state index in [9.17, 15) is 18.9 Å². The number of hydrogen-bond donors (Lipinski definition) is 1. The highest BCUT2D eigenvalue weighted by atomic mass is 19.3. The second-order valence-electron chi connectivity index (χ2n) is 3.39. The van der Waals surface area contributed by atoms with Crippen LogP contribution in [0, 0.1) is 10.1 Å². The Hall–Kier alpha value is -1.56. The molecule has 1 aromatic rings. The summed E-state index contributed by atoms with van der Waals surface area (Å²) in [6.45, 7) is 1.18. The highest BCUT2D eigenvalue weighted by molar-refractivity contribution is 5.36. The van der Waals surface area contributed by atoms with Crippen LogP contribution in [0.5, 0.6) is 0 Å². The van der Waals surface area contributed by atoms with Crippen molar-refractivity contribution in [3.05, 3.63) is 39.9 Å². The zero-order valence-corrected chi connectivity index (χ0v) is 7.98. The molecular formula is C9H10F2N2O2. The van der Waals surface area contributed by atoms with Crippen molar-refractivity contribution in [1.82, 2.24) is 0 Å². The van der Waals surface area contributed by atoms with Gasteiger partial charge in [0, 0.05) is 12.1 Å². The smallest absolute Gasteiger partial charge is 0.269 e. The molecule has 0 fully saturated rings. The molecule has 1 aromatic carbocycles. The molecule has 15 heavy (non-hydrogen) atoms. The van der Waals surface area contributed by atoms with Crippen LogP contribution in [0.1, 0.15) is 12.5 Å². The maximum absolute atomic E-state index is 12.5. The van der Waals surface area contributed by atoms with Gasteiger partial charge in [0.25, 0.3) is 12.1 Å². The largest absolute Gasteiger partial charge is 0.317 e. The van der Waals surface area contributed by atoms with Crippen molar-refractivity contribution in [1.29, 1.82) is 0 Å². The van der Waals surface area contributed by atoms with Crippen molar-refractivity contribution < 1.29 is 13.7 Å². The summed E-state index contributed by atoms with van der Waals surface area (Å²) in [5, 5.41) is 10.3. The minimum Gasteiger partial charge on any atom is -0.317 e. The topological polar surface area (TPSA) is 69.2 Å². The van der Waals surface area contributed by atoms with Gasteiger partial charge < -0.3 is 5.73 Å². The lowest BCUT2D eigenvalue weighted by Gasteiger charge is -2.23. The zero-order valence-electron chi connectivity index (χ0n) is 7.98. The molecule has 1 atom stereocenters. The Morgan fingerprint density at radius 3 is 2.20 bits per heavy atom. The molecule has 0 amide bonds. The molecule has 0 aliphatic heterocycles. The first kappa shape index (κ1) is 11.5. The molecular weight excluding hydrogens is 206 g/mol. The van der Waals surface area contributed by atoms with Gasteiger partial charge in [0.15, 0.2) is 0 Å². The average Bonchev–Trinajstić information content (AvgIpc) is 2.17. The average molecular weight is 216 g/mol. The maximum Gasteiger partial charge on any atom is 0.269 e. The number of halogens is 2. The predicted molar refractivity (Wildman–Crippen MR) is 50.6 cm³/mol. The van der Waals surface area contributed by atoms with E-state index in [2.05, 4.69) is 0 Å². The Morgan fingerprint density at radius 1 is 1.40 bits per heavy atom. The van der Waals surface area contributed by atoms with Gasteiger partial charge in [-0.2, -0.15) is 0 Å². The van der Waals surface area contributed by atoms with E-state index in [1.165, 1.54) is 19.1 Å². The van der Waals surface area contributed by atoms with Crippen molar-refractivity contribution in [3.63, 3.8) is 0 Å². The summed E-state index contributed by atoms with van der Waals surface area (Å²) in [5.41, 5.74) is 3.62. The zero-order chi connectivity index (χ0) is 11.6. The van der Waals surface area contributed by atoms with Crippen molar-refractivity contribution in [2.24, 2.45) is 5.73 Å². The van der Waals surface area contributed by atoms with Gasteiger partial charge in [-0.3, -0.25) is 10.1 Å². The van der Waals surface area contributed by atoms with Gasteiger partial charge in [-0.1, -0.05) is 12.1 Å². The van der Waals surface area contributed by atoms with E-state index in [1.807, 2.05) is 0 Å². The minimum absolute atomic E-state index is 0.149. The first-order valence-electron chi connectivity index (χ1n) is 4.17. The second-order valence-corrected chi connectivity index (χ2v) is 3.39. The summed E-state index contributed by atoms with van der Waals surface area (Å²) < 4.78 is 25.0. The summed E-state index contributed by atoms with van der Waals surface area (Å²) in [5.74, 6) is 0. The van der Waals surface area contributed by atoms with E-state index in [0.29, 0.717) is 0 Å². The third kappa shape index (κ3) is 2.27. The van der Waals surface area contributed by atoms with Gasteiger partial charge in [-0.15, -0.1) is 0 Å². The van der Waals surface area contributed by atoms with Gasteiger partial charge in [-0.25, -0.2) is 8.78 Å². The van der Waals surface area contributed by atoms with Gasteiger partial charge in [-0.05, 0) is 12.5 Å². The van der Waals surface area contributed by atoms with E-state index in [0.717, 1.165) is 12.1 Å². The predicted octanol–water partition coefficient (Wildman–Crippen LogP) is 2.03. The van der Waals surface area contributed by atoms with E-state index in [4.69, 9.17) is 5.73 Å². The number of nitrogens with zero attached hydrogens (tertiary/aromatic N) is 1. The SMILES string of the molecule is CC(N)(c1ccc([N+](=O)[O-])cc1)C(F)F. The molecule has 0 saturated carbocycles. The van der Waals surface area contributed by atoms with Gasteiger partial charge >= 0.3 is 0 Å². The van der Waals surface area contributed by atoms with E-state index in [1.54, 1.807) is 0 Å². The maximum atomic E-state index is 12.5. The lowest BCUT2D eigenvalue weighted by molar-refractivity contribution is -0.384. The van der Waals surface area contributed by atoms with E-state index in [-0.39, 0.29) is 11.3 Å². The number of nitro benzene ring substituents is 1. The van der Waals surface area contributed by atoms with Crippen LogP contribution >= 0.6 is 0 Å². The first-order chi connectivity index (χ1) is 6.85. The highest BCUT2D eigenvalue weighted by Crippen LogP contribution is 2.26. The molecule has 2 N–H and O–H groups in total. The molecule has 0 spiro atoms. The summed E-state index contributed by atoms with van der Waals surface area (Å²) in [4.78, 5) is 9.72. The van der Waals surface area contributed by atoms with Crippen LogP contribution in [0.4, 0.5) is 14.5 Å². The fourth-order valence-electron chi connectivity index (χ4n) is 1.07. The third-order valence-electron chi connectivity index (χ3n) is 2.15. The number of nitrogens with two attached hydrogens (primary N) is 1. The number of non-ortho nitro benzene ring substituents is 1. The molecule has 0 heterocycles. The number of benzene rings is 1. The molecule has 6 heteroatoms. The fraction of sp³-hybridized carbons (Fsp3) is 0.333. The molecule has 0 aromatic heterocycles. The van der Waals surface area contributed by atoms with Crippen LogP contribution in [0.3, 0.4) is 0 Å². The second kappa shape index (κ2) is 3.90. The van der Waals surface area contributed by atoms with Crippen LogP contribution in [0.25, 0.3) is 0 Å². The number of rotatable bonds is 3. The number of alkyl halides is 2. The van der Waals surface area contributed by atoms with Crippen LogP contribution in [0.15, 0.2) is 24.3 Å². The molecule has 0 bridgehead atoms. The van der Waals surface area contributed by atoms with Crippen LogP contribution in [-0.4, -0.2) is 11.3 Å². The van der Waals surface area contributed by atoms with Crippen molar-refractivity contribution >= 4 is 5.69 Å². The molecule has 4 nitrogen and oxygen atoms in total. The lowest BCUT2D eigenvalue weighted by atomic mass is 9.94. The fourth-order valence-corrected chi connectivity index (χ4v) is 1.07. The number of nitro groups is 1. The Bertz CT molecular complexity index is 363. The van der Waals surface area contributed by atoms with Crippen molar-refractivity contribution in [3.8, 4) is 0 Å².